The van der Waals surface area contributed by atoms with Crippen LogP contribution in [0.15, 0.2) is 41.3 Å². The van der Waals surface area contributed by atoms with Gasteiger partial charge in [0.05, 0.1) is 12.0 Å². The lowest BCUT2D eigenvalue weighted by atomic mass is 10.4. The van der Waals surface area contributed by atoms with Crippen LogP contribution in [-0.4, -0.2) is 25.5 Å². The fourth-order valence-electron chi connectivity index (χ4n) is 1.34. The fraction of sp³-hybridized carbons (Fsp3) is 0.0909. The lowest BCUT2D eigenvalue weighted by molar-refractivity contribution is 0.380. The Labute approximate surface area is 115 Å². The van der Waals surface area contributed by atoms with Gasteiger partial charge in [-0.15, -0.1) is 0 Å². The van der Waals surface area contributed by atoms with Crippen molar-refractivity contribution in [3.8, 4) is 6.01 Å². The van der Waals surface area contributed by atoms with Gasteiger partial charge in [-0.25, -0.2) is 8.42 Å². The topological polar surface area (TPSA) is 81.2 Å². The van der Waals surface area contributed by atoms with E-state index >= 15 is 0 Å². The molecule has 1 aromatic heterocycles. The molecule has 2 aromatic rings. The van der Waals surface area contributed by atoms with E-state index in [-0.39, 0.29) is 21.9 Å². The number of aromatic nitrogens is 2. The molecule has 2 rings (SSSR count). The minimum atomic E-state index is -3.71. The molecule has 8 heteroatoms. The number of nitrogens with one attached hydrogen (secondary N) is 1. The zero-order chi connectivity index (χ0) is 13.9. The third-order valence-electron chi connectivity index (χ3n) is 2.15. The zero-order valence-electron chi connectivity index (χ0n) is 9.87. The summed E-state index contributed by atoms with van der Waals surface area (Å²) < 4.78 is 31.2. The summed E-state index contributed by atoms with van der Waals surface area (Å²) in [6, 6.07) is 9.21. The third-order valence-corrected chi connectivity index (χ3v) is 3.71. The molecule has 0 aliphatic rings. The second-order valence-electron chi connectivity index (χ2n) is 3.48. The van der Waals surface area contributed by atoms with Crippen molar-refractivity contribution in [2.75, 3.05) is 11.8 Å². The van der Waals surface area contributed by atoms with Crippen molar-refractivity contribution in [3.63, 3.8) is 0 Å². The molecule has 0 unspecified atom stereocenters. The molecule has 0 amide bonds. The van der Waals surface area contributed by atoms with E-state index in [0.29, 0.717) is 0 Å². The van der Waals surface area contributed by atoms with Gasteiger partial charge in [0.25, 0.3) is 10.0 Å². The van der Waals surface area contributed by atoms with Crippen molar-refractivity contribution in [2.45, 2.75) is 4.90 Å². The maximum Gasteiger partial charge on any atom is 0.319 e. The Kier molecular flexibility index (Phi) is 3.87. The number of rotatable bonds is 4. The van der Waals surface area contributed by atoms with Crippen LogP contribution in [0.3, 0.4) is 0 Å². The van der Waals surface area contributed by atoms with Gasteiger partial charge in [0, 0.05) is 6.07 Å². The molecule has 19 heavy (non-hydrogen) atoms. The summed E-state index contributed by atoms with van der Waals surface area (Å²) in [7, 11) is -2.35. The maximum atomic E-state index is 12.1. The molecule has 0 saturated carbocycles. The summed E-state index contributed by atoms with van der Waals surface area (Å²) >= 11 is 5.74. The van der Waals surface area contributed by atoms with E-state index in [1.807, 2.05) is 0 Å². The Balaban J connectivity index is 2.33. The van der Waals surface area contributed by atoms with E-state index < -0.39 is 10.0 Å². The predicted molar refractivity (Wildman–Crippen MR) is 70.8 cm³/mol. The van der Waals surface area contributed by atoms with Gasteiger partial charge in [0.1, 0.15) is 11.0 Å². The van der Waals surface area contributed by atoms with Gasteiger partial charge in [0.15, 0.2) is 0 Å². The van der Waals surface area contributed by atoms with Crippen molar-refractivity contribution >= 4 is 27.4 Å². The first kappa shape index (κ1) is 13.6. The number of sulfonamides is 1. The smallest absolute Gasteiger partial charge is 0.319 e. The highest BCUT2D eigenvalue weighted by Gasteiger charge is 2.15. The van der Waals surface area contributed by atoms with Crippen molar-refractivity contribution in [1.82, 2.24) is 9.97 Å². The minimum absolute atomic E-state index is 0.0155. The van der Waals surface area contributed by atoms with Crippen molar-refractivity contribution in [1.29, 1.82) is 0 Å². The standard InChI is InChI=1S/C11H10ClN3O3S/c1-18-11-13-9(12)7-10(14-11)15-19(16,17)8-5-3-2-4-6-8/h2-7H,1H3,(H,13,14,15). The molecule has 1 aromatic carbocycles. The highest BCUT2D eigenvalue weighted by atomic mass is 35.5. The molecule has 1 heterocycles. The summed E-state index contributed by atoms with van der Waals surface area (Å²) in [6.45, 7) is 0. The molecule has 100 valence electrons. The minimum Gasteiger partial charge on any atom is -0.467 e. The van der Waals surface area contributed by atoms with E-state index in [2.05, 4.69) is 14.7 Å². The number of nitrogens with zero attached hydrogens (tertiary/aromatic N) is 2. The summed E-state index contributed by atoms with van der Waals surface area (Å²) in [5.74, 6) is 0.0423. The van der Waals surface area contributed by atoms with Crippen LogP contribution < -0.4 is 9.46 Å². The molecule has 1 N–H and O–H groups in total. The lowest BCUT2D eigenvalue weighted by Gasteiger charge is -2.08. The van der Waals surface area contributed by atoms with Crippen LogP contribution in [0.25, 0.3) is 0 Å². The first-order valence-corrected chi connectivity index (χ1v) is 7.04. The molecular formula is C11H10ClN3O3S. The Morgan fingerprint density at radius 2 is 1.89 bits per heavy atom. The molecule has 0 spiro atoms. The van der Waals surface area contributed by atoms with Crippen molar-refractivity contribution in [3.05, 3.63) is 41.6 Å². The zero-order valence-corrected chi connectivity index (χ0v) is 11.4. The van der Waals surface area contributed by atoms with E-state index in [0.717, 1.165) is 0 Å². The number of hydrogen-bond donors (Lipinski definition) is 1. The number of ether oxygens (including phenoxy) is 1. The third kappa shape index (κ3) is 3.33. The highest BCUT2D eigenvalue weighted by Crippen LogP contribution is 2.19. The van der Waals surface area contributed by atoms with Gasteiger partial charge in [0.2, 0.25) is 0 Å². The molecular weight excluding hydrogens is 290 g/mol. The monoisotopic (exact) mass is 299 g/mol. The van der Waals surface area contributed by atoms with Gasteiger partial charge in [-0.1, -0.05) is 29.8 Å². The number of benzene rings is 1. The van der Waals surface area contributed by atoms with Crippen molar-refractivity contribution < 1.29 is 13.2 Å². The number of hydrogen-bond acceptors (Lipinski definition) is 5. The molecule has 0 aliphatic carbocycles. The molecule has 0 bridgehead atoms. The van der Waals surface area contributed by atoms with Gasteiger partial charge < -0.3 is 4.74 Å². The van der Waals surface area contributed by atoms with Crippen LogP contribution in [-0.2, 0) is 10.0 Å². The number of halogens is 1. The first-order chi connectivity index (χ1) is 9.01. The number of anilines is 1. The average Bonchev–Trinajstić information content (AvgIpc) is 2.38. The largest absolute Gasteiger partial charge is 0.467 e. The van der Waals surface area contributed by atoms with Crippen LogP contribution >= 0.6 is 11.6 Å². The highest BCUT2D eigenvalue weighted by molar-refractivity contribution is 7.92. The van der Waals surface area contributed by atoms with Gasteiger partial charge in [-0.2, -0.15) is 9.97 Å². The van der Waals surface area contributed by atoms with Gasteiger partial charge in [-0.3, -0.25) is 4.72 Å². The summed E-state index contributed by atoms with van der Waals surface area (Å²) in [4.78, 5) is 7.74. The van der Waals surface area contributed by atoms with E-state index in [9.17, 15) is 8.42 Å². The average molecular weight is 300 g/mol. The number of methoxy groups -OCH3 is 1. The predicted octanol–water partition coefficient (Wildman–Crippen LogP) is 1.94. The van der Waals surface area contributed by atoms with Crippen LogP contribution in [0, 0.1) is 0 Å². The first-order valence-electron chi connectivity index (χ1n) is 5.18. The maximum absolute atomic E-state index is 12.1. The quantitative estimate of drug-likeness (QED) is 0.873. The Morgan fingerprint density at radius 3 is 2.53 bits per heavy atom. The van der Waals surface area contributed by atoms with Gasteiger partial charge >= 0.3 is 6.01 Å². The molecule has 0 fully saturated rings. The molecule has 0 saturated heterocycles. The normalized spacial score (nSPS) is 11.1. The van der Waals surface area contributed by atoms with Gasteiger partial charge in [-0.05, 0) is 12.1 Å². The SMILES string of the molecule is COc1nc(Cl)cc(NS(=O)(=O)c2ccccc2)n1. The Hall–Kier alpha value is -1.86. The van der Waals surface area contributed by atoms with Crippen LogP contribution in [0.1, 0.15) is 0 Å². The molecule has 0 radical (unpaired) electrons. The fourth-order valence-corrected chi connectivity index (χ4v) is 2.53. The summed E-state index contributed by atoms with van der Waals surface area (Å²) in [5.41, 5.74) is 0. The van der Waals surface area contributed by atoms with E-state index in [1.165, 1.54) is 25.3 Å². The van der Waals surface area contributed by atoms with Crippen LogP contribution in [0.4, 0.5) is 5.82 Å². The molecule has 6 nitrogen and oxygen atoms in total. The van der Waals surface area contributed by atoms with Crippen molar-refractivity contribution in [2.24, 2.45) is 0 Å². The lowest BCUT2D eigenvalue weighted by Crippen LogP contribution is -2.14. The van der Waals surface area contributed by atoms with E-state index in [1.54, 1.807) is 18.2 Å². The second kappa shape index (κ2) is 5.41. The Morgan fingerprint density at radius 1 is 1.21 bits per heavy atom. The second-order valence-corrected chi connectivity index (χ2v) is 5.55. The Bertz CT molecular complexity index is 677. The van der Waals surface area contributed by atoms with Crippen LogP contribution in [0.5, 0.6) is 6.01 Å². The molecule has 0 aliphatic heterocycles. The van der Waals surface area contributed by atoms with Crippen LogP contribution in [0.2, 0.25) is 5.15 Å². The summed E-state index contributed by atoms with van der Waals surface area (Å²) in [6.07, 6.45) is 0. The molecule has 0 atom stereocenters. The van der Waals surface area contributed by atoms with E-state index in [4.69, 9.17) is 16.3 Å². The summed E-state index contributed by atoms with van der Waals surface area (Å²) in [5, 5.41) is 0.0811.